The minimum atomic E-state index is 0.191. The molecule has 0 saturated carbocycles. The Morgan fingerprint density at radius 2 is 1.71 bits per heavy atom. The molecule has 0 atom stereocenters. The van der Waals surface area contributed by atoms with Gasteiger partial charge in [-0.15, -0.1) is 11.3 Å². The summed E-state index contributed by atoms with van der Waals surface area (Å²) in [7, 11) is 0. The summed E-state index contributed by atoms with van der Waals surface area (Å²) in [4.78, 5) is 5.45. The number of rotatable bonds is 1. The smallest absolute Gasteiger partial charge is 0.138 e. The highest BCUT2D eigenvalue weighted by atomic mass is 32.1. The van der Waals surface area contributed by atoms with Crippen molar-refractivity contribution in [3.05, 3.63) is 34.7 Å². The molecule has 0 spiro atoms. The third-order valence-corrected chi connectivity index (χ3v) is 3.87. The first-order valence-corrected chi connectivity index (χ1v) is 6.53. The molecule has 2 rings (SSSR count). The maximum Gasteiger partial charge on any atom is 0.138 e. The topological polar surface area (TPSA) is 38.9 Å². The third-order valence-electron chi connectivity index (χ3n) is 2.83. The van der Waals surface area contributed by atoms with Gasteiger partial charge in [-0.2, -0.15) is 0 Å². The number of benzene rings is 1. The lowest BCUT2D eigenvalue weighted by atomic mass is 9.87. The van der Waals surface area contributed by atoms with E-state index in [9.17, 15) is 0 Å². The molecule has 2 nitrogen and oxygen atoms in total. The predicted molar refractivity (Wildman–Crippen MR) is 75.4 cm³/mol. The van der Waals surface area contributed by atoms with Crippen molar-refractivity contribution in [3.63, 3.8) is 0 Å². The van der Waals surface area contributed by atoms with Crippen LogP contribution in [0.3, 0.4) is 0 Å². The first-order valence-electron chi connectivity index (χ1n) is 5.72. The van der Waals surface area contributed by atoms with Gasteiger partial charge >= 0.3 is 0 Å². The summed E-state index contributed by atoms with van der Waals surface area (Å²) < 4.78 is 0. The summed E-state index contributed by atoms with van der Waals surface area (Å²) in [5.41, 5.74) is 8.44. The van der Waals surface area contributed by atoms with Crippen LogP contribution in [0.5, 0.6) is 0 Å². The molecule has 0 amide bonds. The molecule has 1 heterocycles. The zero-order valence-corrected chi connectivity index (χ0v) is 11.6. The molecule has 0 aliphatic heterocycles. The summed E-state index contributed by atoms with van der Waals surface area (Å²) in [6, 6.07) is 8.58. The van der Waals surface area contributed by atoms with Crippen LogP contribution in [0.1, 0.15) is 31.2 Å². The SMILES string of the molecule is Cc1sc(-c2ccc(C(C)(C)C)cc2)nc1N. The van der Waals surface area contributed by atoms with Gasteiger partial charge in [0, 0.05) is 10.4 Å². The Labute approximate surface area is 107 Å². The molecular formula is C14H18N2S. The fourth-order valence-electron chi connectivity index (χ4n) is 1.64. The van der Waals surface area contributed by atoms with Crippen molar-refractivity contribution in [2.24, 2.45) is 0 Å². The minimum Gasteiger partial charge on any atom is -0.383 e. The number of nitrogens with two attached hydrogens (primary N) is 1. The summed E-state index contributed by atoms with van der Waals surface area (Å²) in [5, 5.41) is 1.00. The number of anilines is 1. The molecule has 0 fully saturated rings. The first kappa shape index (κ1) is 12.1. The second kappa shape index (κ2) is 4.15. The maximum absolute atomic E-state index is 5.78. The van der Waals surface area contributed by atoms with Crippen LogP contribution < -0.4 is 5.73 Å². The summed E-state index contributed by atoms with van der Waals surface area (Å²) in [6.45, 7) is 8.65. The van der Waals surface area contributed by atoms with Crippen LogP contribution in [0.4, 0.5) is 5.82 Å². The van der Waals surface area contributed by atoms with Crippen molar-refractivity contribution < 1.29 is 0 Å². The number of thiazole rings is 1. The number of aryl methyl sites for hydroxylation is 1. The van der Waals surface area contributed by atoms with Gasteiger partial charge in [-0.3, -0.25) is 0 Å². The van der Waals surface area contributed by atoms with Crippen molar-refractivity contribution in [1.82, 2.24) is 4.98 Å². The highest BCUT2D eigenvalue weighted by molar-refractivity contribution is 7.15. The van der Waals surface area contributed by atoms with E-state index in [-0.39, 0.29) is 5.41 Å². The number of nitrogens with zero attached hydrogens (tertiary/aromatic N) is 1. The number of aromatic nitrogens is 1. The second-order valence-electron chi connectivity index (χ2n) is 5.29. The van der Waals surface area contributed by atoms with E-state index in [0.29, 0.717) is 5.82 Å². The lowest BCUT2D eigenvalue weighted by Crippen LogP contribution is -2.10. The summed E-state index contributed by atoms with van der Waals surface area (Å²) in [6.07, 6.45) is 0. The van der Waals surface area contributed by atoms with Gasteiger partial charge in [0.05, 0.1) is 0 Å². The zero-order chi connectivity index (χ0) is 12.6. The highest BCUT2D eigenvalue weighted by Gasteiger charge is 2.14. The average molecular weight is 246 g/mol. The van der Waals surface area contributed by atoms with E-state index in [0.717, 1.165) is 15.4 Å². The third kappa shape index (κ3) is 2.50. The monoisotopic (exact) mass is 246 g/mol. The van der Waals surface area contributed by atoms with Crippen LogP contribution in [0.2, 0.25) is 0 Å². The molecule has 0 saturated heterocycles. The van der Waals surface area contributed by atoms with E-state index in [2.05, 4.69) is 50.0 Å². The van der Waals surface area contributed by atoms with E-state index in [1.807, 2.05) is 6.92 Å². The van der Waals surface area contributed by atoms with E-state index >= 15 is 0 Å². The molecule has 0 bridgehead atoms. The molecular weight excluding hydrogens is 228 g/mol. The molecule has 0 aliphatic rings. The molecule has 1 aromatic heterocycles. The Bertz CT molecular complexity index is 499. The second-order valence-corrected chi connectivity index (χ2v) is 6.49. The van der Waals surface area contributed by atoms with Gasteiger partial charge in [-0.1, -0.05) is 45.0 Å². The Kier molecular flexibility index (Phi) is 2.96. The minimum absolute atomic E-state index is 0.191. The van der Waals surface area contributed by atoms with Gasteiger partial charge in [-0.25, -0.2) is 4.98 Å². The zero-order valence-electron chi connectivity index (χ0n) is 10.7. The fourth-order valence-corrected chi connectivity index (χ4v) is 2.48. The van der Waals surface area contributed by atoms with Crippen molar-refractivity contribution in [2.75, 3.05) is 5.73 Å². The Balaban J connectivity index is 2.36. The summed E-state index contributed by atoms with van der Waals surface area (Å²) >= 11 is 1.64. The quantitative estimate of drug-likeness (QED) is 0.826. The molecule has 0 unspecified atom stereocenters. The standard InChI is InChI=1S/C14H18N2S/c1-9-12(15)16-13(17-9)10-5-7-11(8-6-10)14(2,3)4/h5-8H,15H2,1-4H3. The normalized spacial score (nSPS) is 11.8. The van der Waals surface area contributed by atoms with Gasteiger partial charge in [0.1, 0.15) is 10.8 Å². The maximum atomic E-state index is 5.78. The van der Waals surface area contributed by atoms with Gasteiger partial charge in [-0.05, 0) is 17.9 Å². The van der Waals surface area contributed by atoms with E-state index in [4.69, 9.17) is 5.73 Å². The Morgan fingerprint density at radius 3 is 2.12 bits per heavy atom. The lowest BCUT2D eigenvalue weighted by molar-refractivity contribution is 0.590. The molecule has 3 heteroatoms. The van der Waals surface area contributed by atoms with Crippen molar-refractivity contribution >= 4 is 17.2 Å². The van der Waals surface area contributed by atoms with Crippen molar-refractivity contribution in [2.45, 2.75) is 33.1 Å². The van der Waals surface area contributed by atoms with Crippen LogP contribution in [0.15, 0.2) is 24.3 Å². The molecule has 90 valence electrons. The van der Waals surface area contributed by atoms with Crippen LogP contribution >= 0.6 is 11.3 Å². The van der Waals surface area contributed by atoms with E-state index < -0.39 is 0 Å². The van der Waals surface area contributed by atoms with Gasteiger partial charge in [0.15, 0.2) is 0 Å². The van der Waals surface area contributed by atoms with Crippen LogP contribution in [0.25, 0.3) is 10.6 Å². The number of nitrogen functional groups attached to an aromatic ring is 1. The van der Waals surface area contributed by atoms with Crippen molar-refractivity contribution in [1.29, 1.82) is 0 Å². The van der Waals surface area contributed by atoms with Gasteiger partial charge < -0.3 is 5.73 Å². The van der Waals surface area contributed by atoms with E-state index in [1.165, 1.54) is 5.56 Å². The molecule has 1 aromatic carbocycles. The molecule has 2 aromatic rings. The molecule has 17 heavy (non-hydrogen) atoms. The highest BCUT2D eigenvalue weighted by Crippen LogP contribution is 2.30. The first-order chi connectivity index (χ1) is 7.88. The van der Waals surface area contributed by atoms with Gasteiger partial charge in [0.2, 0.25) is 0 Å². The van der Waals surface area contributed by atoms with Crippen LogP contribution in [-0.4, -0.2) is 4.98 Å². The van der Waals surface area contributed by atoms with Crippen LogP contribution in [-0.2, 0) is 5.41 Å². The molecule has 0 aliphatic carbocycles. The summed E-state index contributed by atoms with van der Waals surface area (Å²) in [5.74, 6) is 0.643. The van der Waals surface area contributed by atoms with Crippen LogP contribution in [0, 0.1) is 6.92 Å². The predicted octanol–water partition coefficient (Wildman–Crippen LogP) is 4.00. The molecule has 2 N–H and O–H groups in total. The molecule has 0 radical (unpaired) electrons. The van der Waals surface area contributed by atoms with E-state index in [1.54, 1.807) is 11.3 Å². The number of hydrogen-bond donors (Lipinski definition) is 1. The Hall–Kier alpha value is -1.35. The Morgan fingerprint density at radius 1 is 1.12 bits per heavy atom. The fraction of sp³-hybridized carbons (Fsp3) is 0.357. The lowest BCUT2D eigenvalue weighted by Gasteiger charge is -2.18. The average Bonchev–Trinajstić information content (AvgIpc) is 2.58. The van der Waals surface area contributed by atoms with Crippen molar-refractivity contribution in [3.8, 4) is 10.6 Å². The van der Waals surface area contributed by atoms with Gasteiger partial charge in [0.25, 0.3) is 0 Å². The number of hydrogen-bond acceptors (Lipinski definition) is 3. The largest absolute Gasteiger partial charge is 0.383 e.